The molecule has 1 heterocycles. The van der Waals surface area contributed by atoms with E-state index in [-0.39, 0.29) is 5.41 Å². The molecule has 1 atom stereocenters. The topological polar surface area (TPSA) is 24.9 Å². The van der Waals surface area contributed by atoms with Crippen molar-refractivity contribution in [2.75, 3.05) is 6.54 Å². The standard InChI is InChI=1S/C19H24N2/c1-3-20-18(16-11-10-15(2)21-14-16)19(12-7-13-19)17-8-5-4-6-9-17/h4-6,8-11,14,18,20H,3,7,12-13H2,1-2H3. The van der Waals surface area contributed by atoms with E-state index in [1.165, 1.54) is 30.4 Å². The average Bonchev–Trinajstić information content (AvgIpc) is 2.47. The summed E-state index contributed by atoms with van der Waals surface area (Å²) < 4.78 is 0. The second-order valence-electron chi connectivity index (χ2n) is 6.10. The molecule has 1 aliphatic rings. The molecule has 0 aliphatic heterocycles. The van der Waals surface area contributed by atoms with E-state index in [1.54, 1.807) is 0 Å². The number of aromatic nitrogens is 1. The Labute approximate surface area is 127 Å². The summed E-state index contributed by atoms with van der Waals surface area (Å²) in [4.78, 5) is 4.51. The van der Waals surface area contributed by atoms with E-state index < -0.39 is 0 Å². The second kappa shape index (κ2) is 5.98. The van der Waals surface area contributed by atoms with Crippen molar-refractivity contribution in [1.82, 2.24) is 10.3 Å². The Balaban J connectivity index is 2.00. The van der Waals surface area contributed by atoms with Gasteiger partial charge in [-0.25, -0.2) is 0 Å². The fraction of sp³-hybridized carbons (Fsp3) is 0.421. The van der Waals surface area contributed by atoms with Crippen molar-refractivity contribution in [2.24, 2.45) is 0 Å². The van der Waals surface area contributed by atoms with Crippen LogP contribution in [0.2, 0.25) is 0 Å². The number of pyridine rings is 1. The van der Waals surface area contributed by atoms with E-state index >= 15 is 0 Å². The molecule has 0 saturated heterocycles. The lowest BCUT2D eigenvalue weighted by atomic mass is 9.59. The van der Waals surface area contributed by atoms with Gasteiger partial charge < -0.3 is 5.32 Å². The number of nitrogens with zero attached hydrogens (tertiary/aromatic N) is 1. The highest BCUT2D eigenvalue weighted by Crippen LogP contribution is 2.51. The van der Waals surface area contributed by atoms with Crippen molar-refractivity contribution in [2.45, 2.75) is 44.6 Å². The van der Waals surface area contributed by atoms with Crippen LogP contribution in [-0.2, 0) is 5.41 Å². The van der Waals surface area contributed by atoms with Gasteiger partial charge in [-0.15, -0.1) is 0 Å². The van der Waals surface area contributed by atoms with E-state index in [0.29, 0.717) is 6.04 Å². The number of nitrogens with one attached hydrogen (secondary N) is 1. The van der Waals surface area contributed by atoms with E-state index in [4.69, 9.17) is 0 Å². The number of hydrogen-bond acceptors (Lipinski definition) is 2. The number of likely N-dealkylation sites (N-methyl/N-ethyl adjacent to an activating group) is 1. The van der Waals surface area contributed by atoms with Gasteiger partial charge in [0.05, 0.1) is 0 Å². The molecule has 3 rings (SSSR count). The van der Waals surface area contributed by atoms with E-state index in [0.717, 1.165) is 12.2 Å². The predicted molar refractivity (Wildman–Crippen MR) is 87.4 cm³/mol. The Bertz CT molecular complexity index is 570. The highest BCUT2D eigenvalue weighted by molar-refractivity contribution is 5.35. The molecule has 2 aromatic rings. The molecule has 1 aromatic carbocycles. The van der Waals surface area contributed by atoms with Crippen molar-refractivity contribution in [3.63, 3.8) is 0 Å². The first-order valence-electron chi connectivity index (χ1n) is 7.98. The summed E-state index contributed by atoms with van der Waals surface area (Å²) in [6.07, 6.45) is 5.87. The van der Waals surface area contributed by atoms with Crippen molar-refractivity contribution >= 4 is 0 Å². The van der Waals surface area contributed by atoms with Gasteiger partial charge in [-0.1, -0.05) is 49.7 Å². The monoisotopic (exact) mass is 280 g/mol. The van der Waals surface area contributed by atoms with Crippen LogP contribution in [0.15, 0.2) is 48.7 Å². The number of aryl methyl sites for hydroxylation is 1. The zero-order valence-corrected chi connectivity index (χ0v) is 13.0. The first-order chi connectivity index (χ1) is 10.3. The molecule has 1 aliphatic carbocycles. The minimum absolute atomic E-state index is 0.230. The van der Waals surface area contributed by atoms with Gasteiger partial charge in [-0.2, -0.15) is 0 Å². The highest BCUT2D eigenvalue weighted by Gasteiger charge is 2.45. The third-order valence-corrected chi connectivity index (χ3v) is 4.82. The smallest absolute Gasteiger partial charge is 0.0433 e. The Hall–Kier alpha value is -1.67. The van der Waals surface area contributed by atoms with Gasteiger partial charge in [0.1, 0.15) is 0 Å². The van der Waals surface area contributed by atoms with E-state index in [9.17, 15) is 0 Å². The van der Waals surface area contributed by atoms with E-state index in [1.807, 2.05) is 13.1 Å². The maximum atomic E-state index is 4.51. The van der Waals surface area contributed by atoms with Gasteiger partial charge in [-0.3, -0.25) is 4.98 Å². The summed E-state index contributed by atoms with van der Waals surface area (Å²) in [6.45, 7) is 5.21. The molecule has 110 valence electrons. The molecule has 1 fully saturated rings. The molecule has 0 radical (unpaired) electrons. The molecule has 1 unspecified atom stereocenters. The van der Waals surface area contributed by atoms with Crippen LogP contribution in [0.5, 0.6) is 0 Å². The van der Waals surface area contributed by atoms with Gasteiger partial charge >= 0.3 is 0 Å². The molecule has 0 amide bonds. The van der Waals surface area contributed by atoms with Gasteiger partial charge in [0, 0.05) is 23.3 Å². The fourth-order valence-corrected chi connectivity index (χ4v) is 3.56. The summed E-state index contributed by atoms with van der Waals surface area (Å²) in [5.41, 5.74) is 4.08. The SMILES string of the molecule is CCNC(c1ccc(C)nc1)C1(c2ccccc2)CCC1. The molecule has 0 spiro atoms. The molecule has 21 heavy (non-hydrogen) atoms. The minimum atomic E-state index is 0.230. The van der Waals surface area contributed by atoms with Crippen LogP contribution in [0, 0.1) is 6.92 Å². The molecule has 2 heteroatoms. The lowest BCUT2D eigenvalue weighted by Crippen LogP contribution is -2.46. The molecule has 1 N–H and O–H groups in total. The molecule has 2 nitrogen and oxygen atoms in total. The predicted octanol–water partition coefficient (Wildman–Crippen LogP) is 4.16. The third kappa shape index (κ3) is 2.60. The molecular weight excluding hydrogens is 256 g/mol. The van der Waals surface area contributed by atoms with Crippen LogP contribution in [-0.4, -0.2) is 11.5 Å². The molecular formula is C19H24N2. The Kier molecular flexibility index (Phi) is 4.07. The summed E-state index contributed by atoms with van der Waals surface area (Å²) in [6, 6.07) is 15.7. The van der Waals surface area contributed by atoms with Crippen LogP contribution in [0.3, 0.4) is 0 Å². The summed E-state index contributed by atoms with van der Waals surface area (Å²) >= 11 is 0. The Morgan fingerprint density at radius 3 is 2.43 bits per heavy atom. The Morgan fingerprint density at radius 1 is 1.14 bits per heavy atom. The van der Waals surface area contributed by atoms with Crippen LogP contribution in [0.4, 0.5) is 0 Å². The fourth-order valence-electron chi connectivity index (χ4n) is 3.56. The van der Waals surface area contributed by atoms with Crippen molar-refractivity contribution in [1.29, 1.82) is 0 Å². The average molecular weight is 280 g/mol. The lowest BCUT2D eigenvalue weighted by Gasteiger charge is -2.49. The van der Waals surface area contributed by atoms with Crippen LogP contribution >= 0.6 is 0 Å². The van der Waals surface area contributed by atoms with Gasteiger partial charge in [0.25, 0.3) is 0 Å². The minimum Gasteiger partial charge on any atom is -0.309 e. The van der Waals surface area contributed by atoms with Gasteiger partial charge in [0.15, 0.2) is 0 Å². The highest BCUT2D eigenvalue weighted by atomic mass is 14.9. The summed E-state index contributed by atoms with van der Waals surface area (Å²) in [7, 11) is 0. The third-order valence-electron chi connectivity index (χ3n) is 4.82. The molecule has 1 aromatic heterocycles. The Morgan fingerprint density at radius 2 is 1.90 bits per heavy atom. The zero-order chi connectivity index (χ0) is 14.7. The first-order valence-corrected chi connectivity index (χ1v) is 7.98. The quantitative estimate of drug-likeness (QED) is 0.889. The summed E-state index contributed by atoms with van der Waals surface area (Å²) in [5.74, 6) is 0. The number of benzene rings is 1. The largest absolute Gasteiger partial charge is 0.309 e. The van der Waals surface area contributed by atoms with Crippen LogP contribution in [0.25, 0.3) is 0 Å². The zero-order valence-electron chi connectivity index (χ0n) is 13.0. The van der Waals surface area contributed by atoms with Gasteiger partial charge in [0.2, 0.25) is 0 Å². The lowest BCUT2D eigenvalue weighted by molar-refractivity contribution is 0.170. The summed E-state index contributed by atoms with van der Waals surface area (Å²) in [5, 5.41) is 3.72. The maximum Gasteiger partial charge on any atom is 0.0433 e. The van der Waals surface area contributed by atoms with Crippen molar-refractivity contribution in [3.05, 3.63) is 65.5 Å². The normalized spacial score (nSPS) is 18.0. The second-order valence-corrected chi connectivity index (χ2v) is 6.10. The van der Waals surface area contributed by atoms with Crippen molar-refractivity contribution in [3.8, 4) is 0 Å². The molecule has 1 saturated carbocycles. The van der Waals surface area contributed by atoms with Gasteiger partial charge in [-0.05, 0) is 43.5 Å². The van der Waals surface area contributed by atoms with Crippen LogP contribution in [0.1, 0.15) is 49.0 Å². The number of hydrogen-bond donors (Lipinski definition) is 1. The van der Waals surface area contributed by atoms with E-state index in [2.05, 4.69) is 59.7 Å². The molecule has 0 bridgehead atoms. The number of rotatable bonds is 5. The maximum absolute atomic E-state index is 4.51. The van der Waals surface area contributed by atoms with Crippen molar-refractivity contribution < 1.29 is 0 Å². The van der Waals surface area contributed by atoms with Crippen LogP contribution < -0.4 is 5.32 Å². The first kappa shape index (κ1) is 14.3.